The molecular formula is C13H18N2O5. The predicted octanol–water partition coefficient (Wildman–Crippen LogP) is -0.595. The number of hydrogen-bond donors (Lipinski definition) is 2. The molecule has 20 heavy (non-hydrogen) atoms. The van der Waals surface area contributed by atoms with E-state index >= 15 is 0 Å². The van der Waals surface area contributed by atoms with Crippen molar-refractivity contribution >= 4 is 23.6 Å². The molecule has 0 aromatic carbocycles. The maximum Gasteiger partial charge on any atom is 0.322 e. The van der Waals surface area contributed by atoms with E-state index in [4.69, 9.17) is 5.11 Å². The topological polar surface area (TPSA) is 104 Å². The Balaban J connectivity index is 1.97. The first-order valence-electron chi connectivity index (χ1n) is 6.80. The van der Waals surface area contributed by atoms with E-state index in [-0.39, 0.29) is 6.42 Å². The van der Waals surface area contributed by atoms with Gasteiger partial charge in [0.2, 0.25) is 11.8 Å². The molecule has 0 aromatic heterocycles. The molecule has 1 aliphatic carbocycles. The zero-order valence-electron chi connectivity index (χ0n) is 11.1. The number of nitrogens with one attached hydrogen (secondary N) is 1. The Bertz CT molecular complexity index is 444. The quantitative estimate of drug-likeness (QED) is 0.656. The van der Waals surface area contributed by atoms with E-state index in [2.05, 4.69) is 5.32 Å². The second-order valence-corrected chi connectivity index (χ2v) is 5.34. The Morgan fingerprint density at radius 3 is 2.55 bits per heavy atom. The van der Waals surface area contributed by atoms with Gasteiger partial charge in [-0.1, -0.05) is 6.42 Å². The minimum Gasteiger partial charge on any atom is -0.480 e. The van der Waals surface area contributed by atoms with Crippen LogP contribution >= 0.6 is 0 Å². The van der Waals surface area contributed by atoms with Crippen LogP contribution in [0.25, 0.3) is 0 Å². The number of carboxylic acids is 1. The van der Waals surface area contributed by atoms with Gasteiger partial charge in [0.05, 0.1) is 0 Å². The van der Waals surface area contributed by atoms with Crippen LogP contribution in [0.3, 0.4) is 0 Å². The summed E-state index contributed by atoms with van der Waals surface area (Å²) in [5, 5.41) is 10.6. The molecule has 1 atom stereocenters. The number of rotatable bonds is 5. The highest BCUT2D eigenvalue weighted by Gasteiger charge is 2.41. The number of amides is 2. The number of carbonyl (C=O) groups is 4. The van der Waals surface area contributed by atoms with Crippen molar-refractivity contribution in [3.63, 3.8) is 0 Å². The molecule has 0 radical (unpaired) electrons. The first kappa shape index (κ1) is 14.5. The zero-order chi connectivity index (χ0) is 14.7. The number of carboxylic acid groups (broad SMARTS) is 1. The first-order chi connectivity index (χ1) is 9.49. The van der Waals surface area contributed by atoms with E-state index in [0.717, 1.165) is 19.3 Å². The minimum absolute atomic E-state index is 0.156. The summed E-state index contributed by atoms with van der Waals surface area (Å²) in [5.41, 5.74) is 0. The molecule has 110 valence electrons. The highest BCUT2D eigenvalue weighted by atomic mass is 16.4. The maximum atomic E-state index is 12.2. The van der Waals surface area contributed by atoms with Crippen molar-refractivity contribution in [3.05, 3.63) is 0 Å². The van der Waals surface area contributed by atoms with Gasteiger partial charge >= 0.3 is 5.97 Å². The van der Waals surface area contributed by atoms with Crippen LogP contribution in [0.2, 0.25) is 0 Å². The lowest BCUT2D eigenvalue weighted by molar-refractivity contribution is -0.152. The highest BCUT2D eigenvalue weighted by molar-refractivity contribution is 6.19. The third kappa shape index (κ3) is 3.15. The number of nitrogens with zero attached hydrogens (tertiary/aromatic N) is 1. The molecule has 7 nitrogen and oxygen atoms in total. The SMILES string of the molecule is O=C(O)CNC(=O)C1C(=O)CCN(CC2CCC2)C1=O. The smallest absolute Gasteiger partial charge is 0.322 e. The molecule has 2 amide bonds. The van der Waals surface area contributed by atoms with Gasteiger partial charge in [-0.2, -0.15) is 0 Å². The van der Waals surface area contributed by atoms with Crippen molar-refractivity contribution in [1.82, 2.24) is 10.2 Å². The van der Waals surface area contributed by atoms with Crippen molar-refractivity contribution < 1.29 is 24.3 Å². The molecule has 2 rings (SSSR count). The van der Waals surface area contributed by atoms with Crippen LogP contribution in [0.1, 0.15) is 25.7 Å². The second-order valence-electron chi connectivity index (χ2n) is 5.34. The van der Waals surface area contributed by atoms with Crippen LogP contribution in [0.5, 0.6) is 0 Å². The Morgan fingerprint density at radius 2 is 2.00 bits per heavy atom. The molecule has 1 saturated carbocycles. The predicted molar refractivity (Wildman–Crippen MR) is 67.7 cm³/mol. The van der Waals surface area contributed by atoms with Crippen LogP contribution in [0.4, 0.5) is 0 Å². The Labute approximate surface area is 116 Å². The number of Topliss-reactive ketones (excluding diaryl/α,β-unsaturated/α-hetero) is 1. The normalized spacial score (nSPS) is 23.4. The third-order valence-electron chi connectivity index (χ3n) is 3.89. The van der Waals surface area contributed by atoms with E-state index in [1.54, 1.807) is 4.90 Å². The molecule has 1 unspecified atom stereocenters. The Hall–Kier alpha value is -1.92. The molecule has 1 heterocycles. The fourth-order valence-corrected chi connectivity index (χ4v) is 2.51. The van der Waals surface area contributed by atoms with Gasteiger partial charge in [-0.25, -0.2) is 0 Å². The molecule has 7 heteroatoms. The molecule has 1 saturated heterocycles. The van der Waals surface area contributed by atoms with Crippen LogP contribution in [0, 0.1) is 11.8 Å². The highest BCUT2D eigenvalue weighted by Crippen LogP contribution is 2.28. The van der Waals surface area contributed by atoms with Gasteiger partial charge in [-0.05, 0) is 18.8 Å². The molecule has 0 bridgehead atoms. The first-order valence-corrected chi connectivity index (χ1v) is 6.80. The van der Waals surface area contributed by atoms with Crippen molar-refractivity contribution in [2.75, 3.05) is 19.6 Å². The number of aliphatic carboxylic acids is 1. The molecular weight excluding hydrogens is 264 g/mol. The van der Waals surface area contributed by atoms with E-state index in [1.165, 1.54) is 0 Å². The fourth-order valence-electron chi connectivity index (χ4n) is 2.51. The molecule has 0 aromatic rings. The van der Waals surface area contributed by atoms with Gasteiger partial charge in [0.15, 0.2) is 11.7 Å². The number of ketones is 1. The van der Waals surface area contributed by atoms with Gasteiger partial charge in [0.25, 0.3) is 0 Å². The maximum absolute atomic E-state index is 12.2. The lowest BCUT2D eigenvalue weighted by Gasteiger charge is -2.36. The number of piperidine rings is 1. The summed E-state index contributed by atoms with van der Waals surface area (Å²) < 4.78 is 0. The minimum atomic E-state index is -1.37. The summed E-state index contributed by atoms with van der Waals surface area (Å²) in [6.45, 7) is 0.365. The van der Waals surface area contributed by atoms with Gasteiger partial charge in [-0.15, -0.1) is 0 Å². The second kappa shape index (κ2) is 6.02. The monoisotopic (exact) mass is 282 g/mol. The molecule has 1 aliphatic heterocycles. The van der Waals surface area contributed by atoms with Gasteiger partial charge in [0, 0.05) is 19.5 Å². The standard InChI is InChI=1S/C13H18N2O5/c16-9-4-5-15(7-8-2-1-3-8)13(20)11(9)12(19)14-6-10(17)18/h8,11H,1-7H2,(H,14,19)(H,17,18). The van der Waals surface area contributed by atoms with E-state index in [1.807, 2.05) is 0 Å². The lowest BCUT2D eigenvalue weighted by Crippen LogP contribution is -2.53. The molecule has 2 N–H and O–H groups in total. The summed E-state index contributed by atoms with van der Waals surface area (Å²) in [5.74, 6) is -3.84. The number of likely N-dealkylation sites (tertiary alicyclic amines) is 1. The van der Waals surface area contributed by atoms with Crippen molar-refractivity contribution in [2.45, 2.75) is 25.7 Å². The number of hydrogen-bond acceptors (Lipinski definition) is 4. The molecule has 0 spiro atoms. The zero-order valence-corrected chi connectivity index (χ0v) is 11.1. The van der Waals surface area contributed by atoms with E-state index in [9.17, 15) is 19.2 Å². The largest absolute Gasteiger partial charge is 0.480 e. The Kier molecular flexibility index (Phi) is 4.36. The van der Waals surface area contributed by atoms with Crippen LogP contribution in [0.15, 0.2) is 0 Å². The summed E-state index contributed by atoms with van der Waals surface area (Å²) in [4.78, 5) is 47.7. The molecule has 2 aliphatic rings. The van der Waals surface area contributed by atoms with Crippen molar-refractivity contribution in [3.8, 4) is 0 Å². The average Bonchev–Trinajstić information content (AvgIpc) is 2.33. The van der Waals surface area contributed by atoms with E-state index in [0.29, 0.717) is 19.0 Å². The van der Waals surface area contributed by atoms with Crippen LogP contribution in [-0.4, -0.2) is 53.2 Å². The molecule has 2 fully saturated rings. The van der Waals surface area contributed by atoms with Crippen LogP contribution < -0.4 is 5.32 Å². The van der Waals surface area contributed by atoms with Gasteiger partial charge in [-0.3, -0.25) is 19.2 Å². The van der Waals surface area contributed by atoms with Crippen molar-refractivity contribution in [2.24, 2.45) is 11.8 Å². The van der Waals surface area contributed by atoms with E-state index < -0.39 is 36.0 Å². The summed E-state index contributed by atoms with van der Waals surface area (Å²) in [6, 6.07) is 0. The van der Waals surface area contributed by atoms with Crippen LogP contribution in [-0.2, 0) is 19.2 Å². The van der Waals surface area contributed by atoms with Gasteiger partial charge in [0.1, 0.15) is 6.54 Å². The van der Waals surface area contributed by atoms with Gasteiger partial charge < -0.3 is 15.3 Å². The lowest BCUT2D eigenvalue weighted by atomic mass is 9.84. The summed E-state index contributed by atoms with van der Waals surface area (Å²) in [6.07, 6.45) is 3.47. The average molecular weight is 282 g/mol. The Morgan fingerprint density at radius 1 is 1.30 bits per heavy atom. The summed E-state index contributed by atoms with van der Waals surface area (Å²) in [7, 11) is 0. The fraction of sp³-hybridized carbons (Fsp3) is 0.692. The summed E-state index contributed by atoms with van der Waals surface area (Å²) >= 11 is 0. The number of carbonyl (C=O) groups excluding carboxylic acids is 3. The third-order valence-corrected chi connectivity index (χ3v) is 3.89. The van der Waals surface area contributed by atoms with Crippen molar-refractivity contribution in [1.29, 1.82) is 0 Å².